The van der Waals surface area contributed by atoms with E-state index in [-0.39, 0.29) is 0 Å². The van der Waals surface area contributed by atoms with Gasteiger partial charge >= 0.3 is 0 Å². The summed E-state index contributed by atoms with van der Waals surface area (Å²) < 4.78 is 2.25. The molecule has 0 atom stereocenters. The fraction of sp³-hybridized carbons (Fsp3) is 0.500. The van der Waals surface area contributed by atoms with Crippen LogP contribution in [-0.2, 0) is 12.8 Å². The van der Waals surface area contributed by atoms with Crippen molar-refractivity contribution in [2.75, 3.05) is 0 Å². The van der Waals surface area contributed by atoms with Crippen LogP contribution in [-0.4, -0.2) is 9.38 Å². The van der Waals surface area contributed by atoms with Gasteiger partial charge in [0.25, 0.3) is 0 Å². The lowest BCUT2D eigenvalue weighted by atomic mass is 10.0. The lowest BCUT2D eigenvalue weighted by Crippen LogP contribution is -2.03. The second kappa shape index (κ2) is 4.69. The molecule has 1 aliphatic rings. The van der Waals surface area contributed by atoms with Gasteiger partial charge in [-0.15, -0.1) is 0 Å². The highest BCUT2D eigenvalue weighted by molar-refractivity contribution is 5.46. The molecule has 2 nitrogen and oxygen atoms in total. The van der Waals surface area contributed by atoms with Gasteiger partial charge < -0.3 is 4.40 Å². The van der Waals surface area contributed by atoms with Crippen LogP contribution in [0.4, 0.5) is 0 Å². The molecule has 0 fully saturated rings. The Kier molecular flexibility index (Phi) is 3.28. The van der Waals surface area contributed by atoms with Crippen molar-refractivity contribution in [3.05, 3.63) is 35.3 Å². The van der Waals surface area contributed by atoms with Gasteiger partial charge in [0.05, 0.1) is 5.69 Å². The molecule has 2 aromatic rings. The summed E-state index contributed by atoms with van der Waals surface area (Å²) in [6, 6.07) is 4.32. The molecule has 0 saturated heterocycles. The van der Waals surface area contributed by atoms with Crippen LogP contribution in [0.3, 0.4) is 0 Å². The molecule has 2 aromatic heterocycles. The highest BCUT2D eigenvalue weighted by atomic mass is 15.0. The van der Waals surface area contributed by atoms with E-state index in [0.29, 0.717) is 0 Å². The Morgan fingerprint density at radius 1 is 1.19 bits per heavy atom. The predicted molar refractivity (Wildman–Crippen MR) is 67.9 cm³/mol. The van der Waals surface area contributed by atoms with Gasteiger partial charge in [-0.25, -0.2) is 4.98 Å². The Morgan fingerprint density at radius 2 is 1.94 bits per heavy atom. The third-order valence-corrected chi connectivity index (χ3v) is 3.04. The van der Waals surface area contributed by atoms with Crippen molar-refractivity contribution in [2.24, 2.45) is 0 Å². The molecule has 0 spiro atoms. The number of hydrogen-bond donors (Lipinski definition) is 0. The molecule has 0 radical (unpaired) electrons. The standard InChI is InChI=1S/C12H14N2.C2H6/c1-9-6-7-14-11-5-3-2-4-10(11)13-12(14)8-9;1-2/h6-8H,2-5H2,1H3;1-2H3. The van der Waals surface area contributed by atoms with Gasteiger partial charge in [0, 0.05) is 11.9 Å². The van der Waals surface area contributed by atoms with Crippen molar-refractivity contribution in [1.29, 1.82) is 0 Å². The van der Waals surface area contributed by atoms with E-state index in [4.69, 9.17) is 0 Å². The topological polar surface area (TPSA) is 17.3 Å². The molecule has 3 rings (SSSR count). The van der Waals surface area contributed by atoms with Crippen molar-refractivity contribution < 1.29 is 0 Å². The predicted octanol–water partition coefficient (Wildman–Crippen LogP) is 3.55. The number of rotatable bonds is 0. The van der Waals surface area contributed by atoms with E-state index in [0.717, 1.165) is 12.1 Å². The number of fused-ring (bicyclic) bond motifs is 3. The quantitative estimate of drug-likeness (QED) is 0.658. The van der Waals surface area contributed by atoms with Crippen LogP contribution in [0.2, 0.25) is 0 Å². The van der Waals surface area contributed by atoms with Gasteiger partial charge in [0.2, 0.25) is 0 Å². The number of imidazole rings is 1. The van der Waals surface area contributed by atoms with Crippen molar-refractivity contribution in [2.45, 2.75) is 46.5 Å². The van der Waals surface area contributed by atoms with Crippen molar-refractivity contribution in [3.63, 3.8) is 0 Å². The number of aryl methyl sites for hydroxylation is 3. The summed E-state index contributed by atoms with van der Waals surface area (Å²) in [4.78, 5) is 4.68. The highest BCUT2D eigenvalue weighted by Gasteiger charge is 2.15. The van der Waals surface area contributed by atoms with Crippen LogP contribution in [0.1, 0.15) is 43.6 Å². The Bertz CT molecular complexity index is 483. The van der Waals surface area contributed by atoms with Gasteiger partial charge in [-0.2, -0.15) is 0 Å². The second-order valence-electron chi connectivity index (χ2n) is 4.14. The van der Waals surface area contributed by atoms with E-state index in [1.54, 1.807) is 0 Å². The molecule has 86 valence electrons. The molecule has 0 amide bonds. The summed E-state index contributed by atoms with van der Waals surface area (Å²) >= 11 is 0. The average molecular weight is 216 g/mol. The Labute approximate surface area is 97.3 Å². The smallest absolute Gasteiger partial charge is 0.137 e. The van der Waals surface area contributed by atoms with E-state index in [9.17, 15) is 0 Å². The number of aromatic nitrogens is 2. The maximum absolute atomic E-state index is 4.68. The maximum Gasteiger partial charge on any atom is 0.137 e. The van der Waals surface area contributed by atoms with Crippen LogP contribution in [0, 0.1) is 6.92 Å². The molecular formula is C14H20N2. The average Bonchev–Trinajstić information content (AvgIpc) is 2.68. The van der Waals surface area contributed by atoms with Gasteiger partial charge in [-0.05, 0) is 50.3 Å². The van der Waals surface area contributed by atoms with Gasteiger partial charge in [0.15, 0.2) is 0 Å². The van der Waals surface area contributed by atoms with Crippen molar-refractivity contribution in [3.8, 4) is 0 Å². The minimum Gasteiger partial charge on any atom is -0.304 e. The molecule has 0 bridgehead atoms. The molecular weight excluding hydrogens is 196 g/mol. The van der Waals surface area contributed by atoms with Gasteiger partial charge in [-0.1, -0.05) is 13.8 Å². The van der Waals surface area contributed by atoms with Crippen LogP contribution in [0.25, 0.3) is 5.65 Å². The first-order valence-corrected chi connectivity index (χ1v) is 6.31. The van der Waals surface area contributed by atoms with Gasteiger partial charge in [-0.3, -0.25) is 0 Å². The normalized spacial score (nSPS) is 14.2. The third kappa shape index (κ3) is 1.84. The van der Waals surface area contributed by atoms with Crippen molar-refractivity contribution in [1.82, 2.24) is 9.38 Å². The molecule has 0 aliphatic heterocycles. The molecule has 0 saturated carbocycles. The fourth-order valence-corrected chi connectivity index (χ4v) is 2.30. The van der Waals surface area contributed by atoms with Crippen molar-refractivity contribution >= 4 is 5.65 Å². The SMILES string of the molecule is CC.Cc1ccn2c3c(nc2c1)CCCC3. The minimum absolute atomic E-state index is 1.12. The van der Waals surface area contributed by atoms with E-state index >= 15 is 0 Å². The zero-order valence-electron chi connectivity index (χ0n) is 10.5. The highest BCUT2D eigenvalue weighted by Crippen LogP contribution is 2.22. The van der Waals surface area contributed by atoms with Crippen LogP contribution < -0.4 is 0 Å². The van der Waals surface area contributed by atoms with Crippen LogP contribution in [0.15, 0.2) is 18.3 Å². The zero-order chi connectivity index (χ0) is 11.5. The number of nitrogens with zero attached hydrogens (tertiary/aromatic N) is 2. The fourth-order valence-electron chi connectivity index (χ4n) is 2.30. The summed E-state index contributed by atoms with van der Waals surface area (Å²) in [5, 5.41) is 0. The van der Waals surface area contributed by atoms with E-state index in [2.05, 4.69) is 34.6 Å². The first kappa shape index (κ1) is 11.2. The number of hydrogen-bond acceptors (Lipinski definition) is 1. The lowest BCUT2D eigenvalue weighted by molar-refractivity contribution is 0.660. The largest absolute Gasteiger partial charge is 0.304 e. The summed E-state index contributed by atoms with van der Waals surface area (Å²) in [5.41, 5.74) is 5.17. The van der Waals surface area contributed by atoms with E-state index in [1.807, 2.05) is 13.8 Å². The second-order valence-corrected chi connectivity index (χ2v) is 4.14. The first-order chi connectivity index (χ1) is 7.84. The third-order valence-electron chi connectivity index (χ3n) is 3.04. The maximum atomic E-state index is 4.68. The Hall–Kier alpha value is -1.31. The Morgan fingerprint density at radius 3 is 2.75 bits per heavy atom. The Balaban J connectivity index is 0.000000457. The van der Waals surface area contributed by atoms with E-state index in [1.165, 1.54) is 36.2 Å². The summed E-state index contributed by atoms with van der Waals surface area (Å²) in [5.74, 6) is 0. The molecule has 1 aliphatic carbocycles. The minimum atomic E-state index is 1.12. The van der Waals surface area contributed by atoms with Crippen LogP contribution >= 0.6 is 0 Å². The molecule has 0 N–H and O–H groups in total. The van der Waals surface area contributed by atoms with Crippen LogP contribution in [0.5, 0.6) is 0 Å². The lowest BCUT2D eigenvalue weighted by Gasteiger charge is -2.09. The summed E-state index contributed by atoms with van der Waals surface area (Å²) in [6.45, 7) is 6.12. The van der Waals surface area contributed by atoms with Gasteiger partial charge in [0.1, 0.15) is 5.65 Å². The monoisotopic (exact) mass is 216 g/mol. The molecule has 16 heavy (non-hydrogen) atoms. The van der Waals surface area contributed by atoms with E-state index < -0.39 is 0 Å². The molecule has 0 unspecified atom stereocenters. The molecule has 2 heteroatoms. The first-order valence-electron chi connectivity index (χ1n) is 6.31. The summed E-state index contributed by atoms with van der Waals surface area (Å²) in [7, 11) is 0. The zero-order valence-corrected chi connectivity index (χ0v) is 10.5. The summed E-state index contributed by atoms with van der Waals surface area (Å²) in [6.07, 6.45) is 7.13. The molecule has 2 heterocycles. The number of pyridine rings is 1. The molecule has 0 aromatic carbocycles.